The van der Waals surface area contributed by atoms with Crippen molar-refractivity contribution in [2.24, 2.45) is 0 Å². The van der Waals surface area contributed by atoms with E-state index in [9.17, 15) is 18.8 Å². The second kappa shape index (κ2) is 6.92. The van der Waals surface area contributed by atoms with Crippen LogP contribution in [0.1, 0.15) is 31.8 Å². The van der Waals surface area contributed by atoms with Crippen LogP contribution in [-0.2, 0) is 0 Å². The van der Waals surface area contributed by atoms with Gasteiger partial charge in [-0.05, 0) is 61.2 Å². The number of aromatic nitrogens is 1. The molecule has 0 unspecified atom stereocenters. The van der Waals surface area contributed by atoms with Gasteiger partial charge >= 0.3 is 0 Å². The number of amides is 1. The van der Waals surface area contributed by atoms with E-state index in [0.29, 0.717) is 5.52 Å². The first-order chi connectivity index (χ1) is 12.3. The zero-order valence-electron chi connectivity index (χ0n) is 14.4. The predicted molar refractivity (Wildman–Crippen MR) is 97.1 cm³/mol. The van der Waals surface area contributed by atoms with Gasteiger partial charge in [0.15, 0.2) is 5.78 Å². The van der Waals surface area contributed by atoms with Crippen molar-refractivity contribution >= 4 is 22.6 Å². The Balaban J connectivity index is 1.81. The molecule has 1 heterocycles. The fraction of sp³-hybridized carbons (Fsp3) is 0.150. The molecule has 3 rings (SSSR count). The largest absolute Gasteiger partial charge is 0.344 e. The molecule has 5 nitrogen and oxygen atoms in total. The van der Waals surface area contributed by atoms with Crippen molar-refractivity contribution in [2.45, 2.75) is 13.8 Å². The Hall–Kier alpha value is -3.28. The number of hydrogen-bond donors (Lipinski definition) is 2. The number of H-pyrrole nitrogens is 1. The number of benzene rings is 2. The highest BCUT2D eigenvalue weighted by molar-refractivity contribution is 6.03. The van der Waals surface area contributed by atoms with Crippen LogP contribution in [0, 0.1) is 19.7 Å². The number of Topliss-reactive ketones (excluding diaryl/α,β-unsaturated/α-hetero) is 1. The molecular weight excluding hydrogens is 335 g/mol. The smallest absolute Gasteiger partial charge is 0.261 e. The van der Waals surface area contributed by atoms with Crippen molar-refractivity contribution in [3.8, 4) is 0 Å². The molecule has 0 atom stereocenters. The number of nitrogens with one attached hydrogen (secondary N) is 2. The number of aromatic amines is 1. The third-order valence-corrected chi connectivity index (χ3v) is 4.11. The summed E-state index contributed by atoms with van der Waals surface area (Å²) in [4.78, 5) is 39.3. The average molecular weight is 352 g/mol. The fourth-order valence-electron chi connectivity index (χ4n) is 2.85. The molecule has 2 aromatic carbocycles. The van der Waals surface area contributed by atoms with Gasteiger partial charge in [0.05, 0.1) is 12.1 Å². The molecule has 0 fully saturated rings. The van der Waals surface area contributed by atoms with E-state index in [4.69, 9.17) is 0 Å². The number of pyridine rings is 1. The number of halogens is 1. The van der Waals surface area contributed by atoms with Crippen molar-refractivity contribution in [3.63, 3.8) is 0 Å². The van der Waals surface area contributed by atoms with Crippen LogP contribution in [0.25, 0.3) is 10.9 Å². The number of rotatable bonds is 4. The van der Waals surface area contributed by atoms with Crippen molar-refractivity contribution in [2.75, 3.05) is 6.54 Å². The summed E-state index contributed by atoms with van der Waals surface area (Å²) in [6.45, 7) is 3.53. The van der Waals surface area contributed by atoms with Gasteiger partial charge in [0.1, 0.15) is 11.4 Å². The second-order valence-corrected chi connectivity index (χ2v) is 6.17. The number of hydrogen-bond acceptors (Lipinski definition) is 3. The summed E-state index contributed by atoms with van der Waals surface area (Å²) in [6, 6.07) is 10.4. The molecule has 3 aromatic rings. The van der Waals surface area contributed by atoms with Crippen molar-refractivity contribution in [1.29, 1.82) is 0 Å². The van der Waals surface area contributed by atoms with E-state index in [2.05, 4.69) is 10.3 Å². The van der Waals surface area contributed by atoms with E-state index in [1.807, 2.05) is 26.0 Å². The van der Waals surface area contributed by atoms with E-state index in [0.717, 1.165) is 16.5 Å². The van der Waals surface area contributed by atoms with Crippen LogP contribution in [0.4, 0.5) is 4.39 Å². The van der Waals surface area contributed by atoms with Gasteiger partial charge in [-0.2, -0.15) is 0 Å². The quantitative estimate of drug-likeness (QED) is 0.709. The van der Waals surface area contributed by atoms with Crippen LogP contribution in [0.2, 0.25) is 0 Å². The van der Waals surface area contributed by atoms with Crippen molar-refractivity contribution in [1.82, 2.24) is 10.3 Å². The third kappa shape index (κ3) is 3.54. The molecule has 1 amide bonds. The summed E-state index contributed by atoms with van der Waals surface area (Å²) in [5, 5.41) is 3.19. The number of fused-ring (bicyclic) bond motifs is 1. The van der Waals surface area contributed by atoms with Crippen LogP contribution >= 0.6 is 0 Å². The number of carbonyl (C=O) groups is 2. The summed E-state index contributed by atoms with van der Waals surface area (Å²) in [5.74, 6) is -1.45. The molecular formula is C20H17FN2O3. The summed E-state index contributed by atoms with van der Waals surface area (Å²) < 4.78 is 12.9. The second-order valence-electron chi connectivity index (χ2n) is 6.17. The molecule has 0 radical (unpaired) electrons. The van der Waals surface area contributed by atoms with E-state index in [-0.39, 0.29) is 23.5 Å². The average Bonchev–Trinajstić information content (AvgIpc) is 2.60. The topological polar surface area (TPSA) is 79.0 Å². The minimum absolute atomic E-state index is 0.0607. The summed E-state index contributed by atoms with van der Waals surface area (Å²) in [6.07, 6.45) is 0. The molecule has 0 saturated carbocycles. The molecule has 0 aliphatic carbocycles. The van der Waals surface area contributed by atoms with Gasteiger partial charge in [0.2, 0.25) is 0 Å². The lowest BCUT2D eigenvalue weighted by molar-refractivity contribution is 0.0903. The highest BCUT2D eigenvalue weighted by Gasteiger charge is 2.15. The normalized spacial score (nSPS) is 10.7. The predicted octanol–water partition coefficient (Wildman–Crippen LogP) is 2.90. The zero-order chi connectivity index (χ0) is 18.8. The van der Waals surface area contributed by atoms with Gasteiger partial charge in [-0.25, -0.2) is 4.39 Å². The third-order valence-electron chi connectivity index (χ3n) is 4.11. The minimum Gasteiger partial charge on any atom is -0.344 e. The highest BCUT2D eigenvalue weighted by atomic mass is 19.1. The Bertz CT molecular complexity index is 1070. The number of carbonyl (C=O) groups excluding carboxylic acids is 2. The molecule has 26 heavy (non-hydrogen) atoms. The monoisotopic (exact) mass is 352 g/mol. The summed E-state index contributed by atoms with van der Waals surface area (Å²) in [7, 11) is 0. The Morgan fingerprint density at radius 2 is 1.77 bits per heavy atom. The van der Waals surface area contributed by atoms with Crippen LogP contribution < -0.4 is 10.9 Å². The number of ketones is 1. The molecule has 0 saturated heterocycles. The molecule has 0 spiro atoms. The van der Waals surface area contributed by atoms with Crippen LogP contribution in [0.5, 0.6) is 0 Å². The Labute approximate surface area is 148 Å². The van der Waals surface area contributed by atoms with Gasteiger partial charge in [-0.15, -0.1) is 0 Å². The van der Waals surface area contributed by atoms with E-state index < -0.39 is 17.3 Å². The van der Waals surface area contributed by atoms with Crippen molar-refractivity contribution < 1.29 is 14.0 Å². The molecule has 2 N–H and O–H groups in total. The van der Waals surface area contributed by atoms with Gasteiger partial charge in [0.25, 0.3) is 11.5 Å². The highest BCUT2D eigenvalue weighted by Crippen LogP contribution is 2.18. The molecule has 0 bridgehead atoms. The Morgan fingerprint density at radius 3 is 2.46 bits per heavy atom. The first kappa shape index (κ1) is 17.5. The Kier molecular flexibility index (Phi) is 4.67. The minimum atomic E-state index is -0.636. The lowest BCUT2D eigenvalue weighted by Gasteiger charge is -2.08. The molecule has 0 aliphatic heterocycles. The van der Waals surface area contributed by atoms with Gasteiger partial charge in [0, 0.05) is 5.56 Å². The van der Waals surface area contributed by atoms with Gasteiger partial charge in [-0.3, -0.25) is 14.4 Å². The lowest BCUT2D eigenvalue weighted by atomic mass is 10.0. The van der Waals surface area contributed by atoms with Crippen molar-refractivity contribution in [3.05, 3.63) is 80.9 Å². The first-order valence-electron chi connectivity index (χ1n) is 8.06. The molecule has 132 valence electrons. The molecule has 1 aromatic heterocycles. The lowest BCUT2D eigenvalue weighted by Crippen LogP contribution is -2.33. The van der Waals surface area contributed by atoms with Gasteiger partial charge in [-0.1, -0.05) is 11.6 Å². The number of aryl methyl sites for hydroxylation is 2. The molecule has 0 aliphatic rings. The first-order valence-corrected chi connectivity index (χ1v) is 8.06. The van der Waals surface area contributed by atoms with Gasteiger partial charge < -0.3 is 10.3 Å². The summed E-state index contributed by atoms with van der Waals surface area (Å²) in [5.41, 5.74) is 2.31. The zero-order valence-corrected chi connectivity index (χ0v) is 14.4. The van der Waals surface area contributed by atoms with E-state index >= 15 is 0 Å². The Morgan fingerprint density at radius 1 is 1.08 bits per heavy atom. The summed E-state index contributed by atoms with van der Waals surface area (Å²) >= 11 is 0. The van der Waals surface area contributed by atoms with E-state index in [1.54, 1.807) is 0 Å². The maximum absolute atomic E-state index is 12.9. The van der Waals surface area contributed by atoms with Crippen LogP contribution in [-0.4, -0.2) is 23.2 Å². The maximum Gasteiger partial charge on any atom is 0.261 e. The maximum atomic E-state index is 12.9. The molecule has 6 heteroatoms. The van der Waals surface area contributed by atoms with E-state index in [1.165, 1.54) is 30.3 Å². The standard InChI is InChI=1S/C20H17FN2O3/c1-11-7-12(2)18-14(8-11)9-16(20(26)23-18)19(25)22-10-17(24)13-3-5-15(21)6-4-13/h3-9H,10H2,1-2H3,(H,22,25)(H,23,26). The fourth-order valence-corrected chi connectivity index (χ4v) is 2.85. The van der Waals surface area contributed by atoms with Crippen LogP contribution in [0.15, 0.2) is 47.3 Å². The van der Waals surface area contributed by atoms with Crippen LogP contribution in [0.3, 0.4) is 0 Å². The SMILES string of the molecule is Cc1cc(C)c2[nH]c(=O)c(C(=O)NCC(=O)c3ccc(F)cc3)cc2c1.